The smallest absolute Gasteiger partial charge is 0.310 e. The van der Waals surface area contributed by atoms with Gasteiger partial charge in [0, 0.05) is 5.92 Å². The van der Waals surface area contributed by atoms with E-state index in [0.29, 0.717) is 6.42 Å². The summed E-state index contributed by atoms with van der Waals surface area (Å²) < 4.78 is 5.37. The van der Waals surface area contributed by atoms with Crippen LogP contribution < -0.4 is 5.32 Å². The standard InChI is InChI=1S/C18H27NO5/c1-6-11-9-18(11,10(2)20)19-15(22)13-7-12(21)8-14(13)16(23)24-17(3,4)5/h6,11-14,21H,1,7-9H2,2-5H3,(H,19,22)/t11-,12+,13-,14-,18+/m1/s1. The highest BCUT2D eigenvalue weighted by molar-refractivity contribution is 5.96. The minimum atomic E-state index is -0.898. The fourth-order valence-corrected chi connectivity index (χ4v) is 3.46. The molecule has 6 heteroatoms. The van der Waals surface area contributed by atoms with Gasteiger partial charge in [0.05, 0.1) is 17.9 Å². The average Bonchev–Trinajstić information content (AvgIpc) is 3.01. The van der Waals surface area contributed by atoms with E-state index in [9.17, 15) is 19.5 Å². The summed E-state index contributed by atoms with van der Waals surface area (Å²) in [6, 6.07) is 0. The Morgan fingerprint density at radius 1 is 1.25 bits per heavy atom. The van der Waals surface area contributed by atoms with Gasteiger partial charge < -0.3 is 15.2 Å². The third-order valence-corrected chi connectivity index (χ3v) is 4.86. The van der Waals surface area contributed by atoms with Gasteiger partial charge in [0.25, 0.3) is 0 Å². The molecule has 2 N–H and O–H groups in total. The van der Waals surface area contributed by atoms with Gasteiger partial charge >= 0.3 is 5.97 Å². The number of ketones is 1. The lowest BCUT2D eigenvalue weighted by Crippen LogP contribution is -2.48. The number of carbonyl (C=O) groups is 3. The van der Waals surface area contributed by atoms with Gasteiger partial charge in [0.2, 0.25) is 5.91 Å². The maximum Gasteiger partial charge on any atom is 0.310 e. The molecule has 24 heavy (non-hydrogen) atoms. The van der Waals surface area contributed by atoms with E-state index in [-0.39, 0.29) is 30.4 Å². The number of carbonyl (C=O) groups excluding carboxylic acids is 3. The molecule has 2 fully saturated rings. The molecule has 0 heterocycles. The van der Waals surface area contributed by atoms with Crippen molar-refractivity contribution in [1.29, 1.82) is 0 Å². The van der Waals surface area contributed by atoms with Gasteiger partial charge in [0.1, 0.15) is 11.1 Å². The number of nitrogens with one attached hydrogen (secondary N) is 1. The van der Waals surface area contributed by atoms with Crippen LogP contribution in [0.15, 0.2) is 12.7 Å². The number of amides is 1. The van der Waals surface area contributed by atoms with Crippen molar-refractivity contribution in [3.05, 3.63) is 12.7 Å². The molecule has 0 spiro atoms. The first-order chi connectivity index (χ1) is 11.0. The summed E-state index contributed by atoms with van der Waals surface area (Å²) in [6.07, 6.45) is 1.87. The van der Waals surface area contributed by atoms with Gasteiger partial charge in [-0.2, -0.15) is 0 Å². The van der Waals surface area contributed by atoms with Crippen LogP contribution in [0.4, 0.5) is 0 Å². The summed E-state index contributed by atoms with van der Waals surface area (Å²) in [5.41, 5.74) is -1.55. The fraction of sp³-hybridized carbons (Fsp3) is 0.722. The zero-order valence-corrected chi connectivity index (χ0v) is 14.8. The van der Waals surface area contributed by atoms with E-state index in [1.165, 1.54) is 6.92 Å². The fourth-order valence-electron chi connectivity index (χ4n) is 3.46. The van der Waals surface area contributed by atoms with Crippen molar-refractivity contribution in [1.82, 2.24) is 5.32 Å². The predicted molar refractivity (Wildman–Crippen MR) is 87.9 cm³/mol. The van der Waals surface area contributed by atoms with E-state index in [4.69, 9.17) is 4.74 Å². The molecule has 2 rings (SSSR count). The number of rotatable bonds is 5. The highest BCUT2D eigenvalue weighted by atomic mass is 16.6. The van der Waals surface area contributed by atoms with Crippen LogP contribution in [0.1, 0.15) is 47.0 Å². The highest BCUT2D eigenvalue weighted by Gasteiger charge is 2.58. The molecule has 0 aromatic rings. The van der Waals surface area contributed by atoms with Crippen LogP contribution >= 0.6 is 0 Å². The summed E-state index contributed by atoms with van der Waals surface area (Å²) in [6.45, 7) is 10.4. The molecule has 0 saturated heterocycles. The first-order valence-electron chi connectivity index (χ1n) is 8.36. The molecular formula is C18H27NO5. The molecule has 0 unspecified atom stereocenters. The van der Waals surface area contributed by atoms with Crippen LogP contribution in [0.2, 0.25) is 0 Å². The molecule has 2 saturated carbocycles. The second-order valence-corrected chi connectivity index (χ2v) is 7.93. The summed E-state index contributed by atoms with van der Waals surface area (Å²) in [5.74, 6) is -2.42. The Balaban J connectivity index is 2.11. The molecule has 0 aliphatic heterocycles. The minimum absolute atomic E-state index is 0.0785. The van der Waals surface area contributed by atoms with Crippen LogP contribution in [0.3, 0.4) is 0 Å². The van der Waals surface area contributed by atoms with Crippen molar-refractivity contribution in [3.63, 3.8) is 0 Å². The van der Waals surface area contributed by atoms with Gasteiger partial charge in [-0.05, 0) is 47.0 Å². The van der Waals surface area contributed by atoms with Crippen LogP contribution in [-0.4, -0.2) is 40.0 Å². The number of Topliss-reactive ketones (excluding diaryl/α,β-unsaturated/α-hetero) is 1. The average molecular weight is 337 g/mol. The lowest BCUT2D eigenvalue weighted by atomic mass is 9.94. The number of aliphatic hydroxyl groups excluding tert-OH is 1. The molecule has 1 amide bonds. The topological polar surface area (TPSA) is 92.7 Å². The molecule has 2 aliphatic carbocycles. The Morgan fingerprint density at radius 2 is 1.83 bits per heavy atom. The van der Waals surface area contributed by atoms with E-state index < -0.39 is 35.0 Å². The Bertz CT molecular complexity index is 564. The van der Waals surface area contributed by atoms with E-state index in [1.807, 2.05) is 0 Å². The van der Waals surface area contributed by atoms with Gasteiger partial charge in [-0.3, -0.25) is 14.4 Å². The lowest BCUT2D eigenvalue weighted by molar-refractivity contribution is -0.163. The summed E-state index contributed by atoms with van der Waals surface area (Å²) in [7, 11) is 0. The van der Waals surface area contributed by atoms with Crippen molar-refractivity contribution < 1.29 is 24.2 Å². The van der Waals surface area contributed by atoms with Crippen molar-refractivity contribution in [2.45, 2.75) is 64.2 Å². The second-order valence-electron chi connectivity index (χ2n) is 7.93. The molecule has 0 aromatic carbocycles. The van der Waals surface area contributed by atoms with Crippen LogP contribution in [0.25, 0.3) is 0 Å². The zero-order chi connectivity index (χ0) is 18.3. The third kappa shape index (κ3) is 3.69. The van der Waals surface area contributed by atoms with Gasteiger partial charge in [-0.25, -0.2) is 0 Å². The van der Waals surface area contributed by atoms with E-state index >= 15 is 0 Å². The molecule has 2 aliphatic rings. The third-order valence-electron chi connectivity index (χ3n) is 4.86. The van der Waals surface area contributed by atoms with Crippen molar-refractivity contribution >= 4 is 17.7 Å². The normalized spacial score (nSPS) is 35.2. The highest BCUT2D eigenvalue weighted by Crippen LogP contribution is 2.46. The molecule has 0 aromatic heterocycles. The Morgan fingerprint density at radius 3 is 2.29 bits per heavy atom. The monoisotopic (exact) mass is 337 g/mol. The largest absolute Gasteiger partial charge is 0.460 e. The second kappa shape index (κ2) is 6.31. The Hall–Kier alpha value is -1.69. The van der Waals surface area contributed by atoms with Crippen LogP contribution in [0, 0.1) is 17.8 Å². The van der Waals surface area contributed by atoms with Crippen molar-refractivity contribution in [2.24, 2.45) is 17.8 Å². The van der Waals surface area contributed by atoms with Crippen LogP contribution in [0.5, 0.6) is 0 Å². The first-order valence-corrected chi connectivity index (χ1v) is 8.36. The van der Waals surface area contributed by atoms with Crippen LogP contribution in [-0.2, 0) is 19.1 Å². The SMILES string of the molecule is C=C[C@@H]1C[C@]1(NC(=O)[C@@H]1C[C@H](O)C[C@H]1C(=O)OC(C)(C)C)C(C)=O. The number of ether oxygens (including phenoxy) is 1. The van der Waals surface area contributed by atoms with Crippen molar-refractivity contribution in [3.8, 4) is 0 Å². The van der Waals surface area contributed by atoms with E-state index in [1.54, 1.807) is 26.8 Å². The number of hydrogen-bond acceptors (Lipinski definition) is 5. The van der Waals surface area contributed by atoms with E-state index in [2.05, 4.69) is 11.9 Å². The summed E-state index contributed by atoms with van der Waals surface area (Å²) in [5, 5.41) is 12.7. The van der Waals surface area contributed by atoms with Crippen molar-refractivity contribution in [2.75, 3.05) is 0 Å². The van der Waals surface area contributed by atoms with Gasteiger partial charge in [-0.1, -0.05) is 6.08 Å². The lowest BCUT2D eigenvalue weighted by Gasteiger charge is -2.25. The Kier molecular flexibility index (Phi) is 4.91. The summed E-state index contributed by atoms with van der Waals surface area (Å²) >= 11 is 0. The van der Waals surface area contributed by atoms with Gasteiger partial charge in [-0.15, -0.1) is 6.58 Å². The van der Waals surface area contributed by atoms with Gasteiger partial charge in [0.15, 0.2) is 5.78 Å². The molecule has 134 valence electrons. The summed E-state index contributed by atoms with van der Waals surface area (Å²) in [4.78, 5) is 36.9. The first kappa shape index (κ1) is 18.6. The predicted octanol–water partition coefficient (Wildman–Crippen LogP) is 1.37. The molecule has 5 atom stereocenters. The molecule has 0 bridgehead atoms. The number of hydrogen-bond donors (Lipinski definition) is 2. The number of aliphatic hydroxyl groups is 1. The maximum atomic E-state index is 12.7. The molecule has 0 radical (unpaired) electrons. The quantitative estimate of drug-likeness (QED) is 0.584. The molecular weight excluding hydrogens is 310 g/mol. The number of esters is 1. The minimum Gasteiger partial charge on any atom is -0.460 e. The Labute approximate surface area is 142 Å². The zero-order valence-electron chi connectivity index (χ0n) is 14.8. The van der Waals surface area contributed by atoms with E-state index in [0.717, 1.165) is 0 Å². The molecule has 6 nitrogen and oxygen atoms in total. The maximum absolute atomic E-state index is 12.7.